The third kappa shape index (κ3) is 3.46. The minimum Gasteiger partial charge on any atom is -0.392 e. The second-order valence-electron chi connectivity index (χ2n) is 4.74. The number of hydrogen-bond donors (Lipinski definition) is 2. The van der Waals surface area contributed by atoms with Crippen LogP contribution >= 0.6 is 0 Å². The number of nitrogens with one attached hydrogen (secondary N) is 1. The van der Waals surface area contributed by atoms with E-state index in [0.29, 0.717) is 18.9 Å². The normalized spacial score (nSPS) is 26.8. The Balaban J connectivity index is 2.49. The van der Waals surface area contributed by atoms with Gasteiger partial charge in [-0.15, -0.1) is 0 Å². The molecular formula is C12H24N2O2. The van der Waals surface area contributed by atoms with E-state index in [-0.39, 0.29) is 18.1 Å². The number of amides is 1. The van der Waals surface area contributed by atoms with Crippen molar-refractivity contribution in [3.63, 3.8) is 0 Å². The van der Waals surface area contributed by atoms with E-state index in [0.717, 1.165) is 19.5 Å². The largest absolute Gasteiger partial charge is 0.392 e. The van der Waals surface area contributed by atoms with Gasteiger partial charge >= 0.3 is 0 Å². The molecule has 4 heteroatoms. The molecule has 0 radical (unpaired) electrons. The third-order valence-electron chi connectivity index (χ3n) is 3.33. The lowest BCUT2D eigenvalue weighted by Crippen LogP contribution is -2.45. The summed E-state index contributed by atoms with van der Waals surface area (Å²) in [5.74, 6) is 0.676. The summed E-state index contributed by atoms with van der Waals surface area (Å²) in [4.78, 5) is 14.0. The number of β-amino-alcohol motifs (C(OH)–C–C–N with tert-alkyl or cyclic N) is 1. The molecular weight excluding hydrogens is 204 g/mol. The maximum atomic E-state index is 12.1. The minimum absolute atomic E-state index is 0.138. The molecule has 2 N–H and O–H groups in total. The van der Waals surface area contributed by atoms with Crippen molar-refractivity contribution in [2.45, 2.75) is 45.8 Å². The fourth-order valence-corrected chi connectivity index (χ4v) is 2.01. The number of aliphatic hydroxyl groups is 1. The van der Waals surface area contributed by atoms with Crippen LogP contribution in [0.1, 0.15) is 33.6 Å². The lowest BCUT2D eigenvalue weighted by atomic mass is 10.1. The van der Waals surface area contributed by atoms with Crippen molar-refractivity contribution in [1.29, 1.82) is 0 Å². The molecule has 0 aromatic carbocycles. The van der Waals surface area contributed by atoms with Gasteiger partial charge in [0.05, 0.1) is 12.1 Å². The second-order valence-corrected chi connectivity index (χ2v) is 4.74. The predicted molar refractivity (Wildman–Crippen MR) is 64.1 cm³/mol. The van der Waals surface area contributed by atoms with Gasteiger partial charge in [0.2, 0.25) is 5.91 Å². The molecule has 94 valence electrons. The van der Waals surface area contributed by atoms with Crippen LogP contribution < -0.4 is 5.32 Å². The van der Waals surface area contributed by atoms with Crippen molar-refractivity contribution in [1.82, 2.24) is 10.2 Å². The maximum absolute atomic E-state index is 12.1. The van der Waals surface area contributed by atoms with Gasteiger partial charge in [-0.25, -0.2) is 0 Å². The Hall–Kier alpha value is -0.610. The average Bonchev–Trinajstić information content (AvgIpc) is 2.71. The van der Waals surface area contributed by atoms with Gasteiger partial charge in [-0.2, -0.15) is 0 Å². The highest BCUT2D eigenvalue weighted by Gasteiger charge is 2.30. The number of carbonyl (C=O) groups is 1. The summed E-state index contributed by atoms with van der Waals surface area (Å²) in [6, 6.07) is -0.181. The SMILES string of the molecule is CCC(C)CN(CC)C(=O)C1CC(O)CN1. The van der Waals surface area contributed by atoms with Gasteiger partial charge in [-0.3, -0.25) is 4.79 Å². The van der Waals surface area contributed by atoms with Crippen molar-refractivity contribution < 1.29 is 9.90 Å². The number of nitrogens with zero attached hydrogens (tertiary/aromatic N) is 1. The summed E-state index contributed by atoms with van der Waals surface area (Å²) < 4.78 is 0. The van der Waals surface area contributed by atoms with Crippen LogP contribution in [0.2, 0.25) is 0 Å². The van der Waals surface area contributed by atoms with Gasteiger partial charge in [0, 0.05) is 19.6 Å². The Kier molecular flexibility index (Phi) is 5.22. The van der Waals surface area contributed by atoms with Gasteiger partial charge in [0.15, 0.2) is 0 Å². The minimum atomic E-state index is -0.365. The lowest BCUT2D eigenvalue weighted by Gasteiger charge is -2.26. The summed E-state index contributed by atoms with van der Waals surface area (Å²) in [5.41, 5.74) is 0. The summed E-state index contributed by atoms with van der Waals surface area (Å²) in [6.07, 6.45) is 1.27. The first-order chi connectivity index (χ1) is 7.58. The van der Waals surface area contributed by atoms with Crippen LogP contribution in [0, 0.1) is 5.92 Å². The van der Waals surface area contributed by atoms with Crippen molar-refractivity contribution in [2.24, 2.45) is 5.92 Å². The van der Waals surface area contributed by atoms with Crippen LogP contribution in [0.3, 0.4) is 0 Å². The number of likely N-dealkylation sites (N-methyl/N-ethyl adjacent to an activating group) is 1. The van der Waals surface area contributed by atoms with Gasteiger partial charge in [0.25, 0.3) is 0 Å². The molecule has 1 saturated heterocycles. The van der Waals surface area contributed by atoms with E-state index in [1.54, 1.807) is 0 Å². The second kappa shape index (κ2) is 6.21. The fraction of sp³-hybridized carbons (Fsp3) is 0.917. The smallest absolute Gasteiger partial charge is 0.239 e. The summed E-state index contributed by atoms with van der Waals surface area (Å²) in [6.45, 7) is 8.41. The van der Waals surface area contributed by atoms with Crippen LogP contribution in [0.15, 0.2) is 0 Å². The Morgan fingerprint density at radius 1 is 1.56 bits per heavy atom. The number of hydrogen-bond acceptors (Lipinski definition) is 3. The van der Waals surface area contributed by atoms with E-state index >= 15 is 0 Å². The molecule has 0 aliphatic carbocycles. The van der Waals surface area contributed by atoms with E-state index in [1.165, 1.54) is 0 Å². The van der Waals surface area contributed by atoms with E-state index < -0.39 is 0 Å². The van der Waals surface area contributed by atoms with Crippen molar-refractivity contribution in [2.75, 3.05) is 19.6 Å². The number of aliphatic hydroxyl groups excluding tert-OH is 1. The molecule has 16 heavy (non-hydrogen) atoms. The highest BCUT2D eigenvalue weighted by atomic mass is 16.3. The van der Waals surface area contributed by atoms with Gasteiger partial charge in [-0.1, -0.05) is 20.3 Å². The Labute approximate surface area is 98.0 Å². The molecule has 1 aliphatic rings. The molecule has 0 saturated carbocycles. The Morgan fingerprint density at radius 3 is 2.69 bits per heavy atom. The quantitative estimate of drug-likeness (QED) is 0.724. The fourth-order valence-electron chi connectivity index (χ4n) is 2.01. The monoisotopic (exact) mass is 228 g/mol. The molecule has 3 unspecified atom stereocenters. The third-order valence-corrected chi connectivity index (χ3v) is 3.33. The van der Waals surface area contributed by atoms with Crippen molar-refractivity contribution in [3.05, 3.63) is 0 Å². The molecule has 1 rings (SSSR count). The molecule has 0 aromatic rings. The lowest BCUT2D eigenvalue weighted by molar-refractivity contribution is -0.133. The van der Waals surface area contributed by atoms with E-state index in [4.69, 9.17) is 0 Å². The molecule has 0 spiro atoms. The van der Waals surface area contributed by atoms with Crippen LogP contribution in [-0.4, -0.2) is 47.7 Å². The van der Waals surface area contributed by atoms with E-state index in [9.17, 15) is 9.90 Å². The van der Waals surface area contributed by atoms with E-state index in [2.05, 4.69) is 19.2 Å². The Morgan fingerprint density at radius 2 is 2.25 bits per heavy atom. The van der Waals surface area contributed by atoms with Crippen LogP contribution in [0.4, 0.5) is 0 Å². The zero-order valence-corrected chi connectivity index (χ0v) is 10.6. The Bertz CT molecular complexity index is 233. The maximum Gasteiger partial charge on any atom is 0.239 e. The topological polar surface area (TPSA) is 52.6 Å². The molecule has 1 heterocycles. The highest BCUT2D eigenvalue weighted by molar-refractivity contribution is 5.82. The molecule has 3 atom stereocenters. The zero-order chi connectivity index (χ0) is 12.1. The average molecular weight is 228 g/mol. The van der Waals surface area contributed by atoms with Gasteiger partial charge in [0.1, 0.15) is 0 Å². The van der Waals surface area contributed by atoms with Gasteiger partial charge < -0.3 is 15.3 Å². The first-order valence-electron chi connectivity index (χ1n) is 6.28. The van der Waals surface area contributed by atoms with Gasteiger partial charge in [-0.05, 0) is 19.3 Å². The molecule has 1 amide bonds. The molecule has 1 fully saturated rings. The first kappa shape index (κ1) is 13.5. The van der Waals surface area contributed by atoms with Crippen LogP contribution in [-0.2, 0) is 4.79 Å². The van der Waals surface area contributed by atoms with Crippen molar-refractivity contribution in [3.8, 4) is 0 Å². The van der Waals surface area contributed by atoms with Crippen LogP contribution in [0.25, 0.3) is 0 Å². The molecule has 4 nitrogen and oxygen atoms in total. The number of carbonyl (C=O) groups excluding carboxylic acids is 1. The summed E-state index contributed by atoms with van der Waals surface area (Å²) >= 11 is 0. The predicted octanol–water partition coefficient (Wildman–Crippen LogP) is 0.604. The zero-order valence-electron chi connectivity index (χ0n) is 10.6. The first-order valence-corrected chi connectivity index (χ1v) is 6.28. The van der Waals surface area contributed by atoms with Crippen LogP contribution in [0.5, 0.6) is 0 Å². The standard InChI is InChI=1S/C12H24N2O2/c1-4-9(3)8-14(5-2)12(16)11-6-10(15)7-13-11/h9-11,13,15H,4-8H2,1-3H3. The molecule has 0 bridgehead atoms. The summed E-state index contributed by atoms with van der Waals surface area (Å²) in [7, 11) is 0. The molecule has 0 aromatic heterocycles. The summed E-state index contributed by atoms with van der Waals surface area (Å²) in [5, 5.41) is 12.5. The molecule has 1 aliphatic heterocycles. The van der Waals surface area contributed by atoms with Crippen molar-refractivity contribution >= 4 is 5.91 Å². The van der Waals surface area contributed by atoms with E-state index in [1.807, 2.05) is 11.8 Å². The number of rotatable bonds is 5. The highest BCUT2D eigenvalue weighted by Crippen LogP contribution is 2.12.